The number of benzene rings is 1. The molecule has 1 nitrogen and oxygen atoms in total. The summed E-state index contributed by atoms with van der Waals surface area (Å²) < 4.78 is 19.1. The van der Waals surface area contributed by atoms with Crippen LogP contribution in [0.15, 0.2) is 33.2 Å². The molecule has 0 spiro atoms. The largest absolute Gasteiger partial charge is 0.458 e. The lowest BCUT2D eigenvalue weighted by Crippen LogP contribution is -1.77. The normalized spacial score (nSPS) is 13.5. The predicted molar refractivity (Wildman–Crippen MR) is 53.4 cm³/mol. The Morgan fingerprint density at radius 1 is 1.38 bits per heavy atom. The lowest BCUT2D eigenvalue weighted by Gasteiger charge is -1.92. The first-order valence-electron chi connectivity index (χ1n) is 4.00. The number of hydrogen-bond acceptors (Lipinski definition) is 1. The standard InChI is InChI=1S/C10H8BrFO/c1-6(12)10-5-7-4-8(11)2-3-9(7)13-10/h2-6H,1H3. The maximum absolute atomic E-state index is 12.9. The first-order valence-corrected chi connectivity index (χ1v) is 4.79. The molecule has 0 amide bonds. The first kappa shape index (κ1) is 8.75. The average molecular weight is 243 g/mol. The van der Waals surface area contributed by atoms with E-state index in [9.17, 15) is 4.39 Å². The van der Waals surface area contributed by atoms with E-state index in [0.717, 1.165) is 15.4 Å². The molecule has 0 radical (unpaired) electrons. The van der Waals surface area contributed by atoms with Crippen molar-refractivity contribution in [1.29, 1.82) is 0 Å². The second-order valence-electron chi connectivity index (χ2n) is 2.95. The number of furan rings is 1. The van der Waals surface area contributed by atoms with E-state index in [1.165, 1.54) is 6.92 Å². The van der Waals surface area contributed by atoms with Gasteiger partial charge in [-0.1, -0.05) is 15.9 Å². The van der Waals surface area contributed by atoms with Crippen LogP contribution in [0.3, 0.4) is 0 Å². The summed E-state index contributed by atoms with van der Waals surface area (Å²) in [5, 5.41) is 0.925. The Balaban J connectivity index is 2.62. The maximum Gasteiger partial charge on any atom is 0.155 e. The van der Waals surface area contributed by atoms with Crippen LogP contribution in [0.25, 0.3) is 11.0 Å². The van der Waals surface area contributed by atoms with E-state index in [-0.39, 0.29) is 0 Å². The molecule has 0 fully saturated rings. The van der Waals surface area contributed by atoms with Crippen molar-refractivity contribution in [2.75, 3.05) is 0 Å². The van der Waals surface area contributed by atoms with Crippen molar-refractivity contribution in [2.45, 2.75) is 13.1 Å². The van der Waals surface area contributed by atoms with Crippen molar-refractivity contribution >= 4 is 26.9 Å². The maximum atomic E-state index is 12.9. The van der Waals surface area contributed by atoms with Gasteiger partial charge in [0.1, 0.15) is 11.3 Å². The van der Waals surface area contributed by atoms with Gasteiger partial charge < -0.3 is 4.42 Å². The number of alkyl halides is 1. The minimum Gasteiger partial charge on any atom is -0.458 e. The molecule has 0 aliphatic carbocycles. The van der Waals surface area contributed by atoms with Crippen molar-refractivity contribution in [2.24, 2.45) is 0 Å². The molecule has 2 rings (SSSR count). The van der Waals surface area contributed by atoms with Crippen LogP contribution >= 0.6 is 15.9 Å². The van der Waals surface area contributed by atoms with E-state index in [0.29, 0.717) is 5.76 Å². The molecular formula is C10H8BrFO. The van der Waals surface area contributed by atoms with Gasteiger partial charge in [-0.15, -0.1) is 0 Å². The average Bonchev–Trinajstić information content (AvgIpc) is 2.46. The van der Waals surface area contributed by atoms with Gasteiger partial charge in [-0.2, -0.15) is 0 Å². The molecule has 1 unspecified atom stereocenters. The topological polar surface area (TPSA) is 13.1 Å². The summed E-state index contributed by atoms with van der Waals surface area (Å²) in [6.45, 7) is 1.47. The molecular weight excluding hydrogens is 235 g/mol. The van der Waals surface area contributed by atoms with Gasteiger partial charge in [0, 0.05) is 9.86 Å². The molecule has 13 heavy (non-hydrogen) atoms. The molecule has 1 aromatic heterocycles. The van der Waals surface area contributed by atoms with Crippen LogP contribution < -0.4 is 0 Å². The Bertz CT molecular complexity index is 433. The lowest BCUT2D eigenvalue weighted by molar-refractivity contribution is 0.317. The fourth-order valence-electron chi connectivity index (χ4n) is 1.23. The Hall–Kier alpha value is -0.830. The van der Waals surface area contributed by atoms with E-state index < -0.39 is 6.17 Å². The Morgan fingerprint density at radius 2 is 2.15 bits per heavy atom. The van der Waals surface area contributed by atoms with Crippen LogP contribution in [-0.4, -0.2) is 0 Å². The molecule has 0 saturated carbocycles. The van der Waals surface area contributed by atoms with Crippen molar-refractivity contribution < 1.29 is 8.81 Å². The highest BCUT2D eigenvalue weighted by Gasteiger charge is 2.09. The minimum atomic E-state index is -1.05. The zero-order valence-corrected chi connectivity index (χ0v) is 8.64. The summed E-state index contributed by atoms with van der Waals surface area (Å²) in [5.41, 5.74) is 0.725. The van der Waals surface area contributed by atoms with Crippen LogP contribution in [0, 0.1) is 0 Å². The highest BCUT2D eigenvalue weighted by molar-refractivity contribution is 9.10. The van der Waals surface area contributed by atoms with Crippen molar-refractivity contribution in [1.82, 2.24) is 0 Å². The molecule has 0 N–H and O–H groups in total. The van der Waals surface area contributed by atoms with Crippen LogP contribution in [0.1, 0.15) is 18.9 Å². The molecule has 68 valence electrons. The monoisotopic (exact) mass is 242 g/mol. The molecule has 1 aromatic carbocycles. The Kier molecular flexibility index (Phi) is 2.12. The van der Waals surface area contributed by atoms with Crippen LogP contribution in [0.2, 0.25) is 0 Å². The third-order valence-corrected chi connectivity index (χ3v) is 2.38. The summed E-state index contributed by atoms with van der Waals surface area (Å²) in [6, 6.07) is 7.33. The first-order chi connectivity index (χ1) is 6.16. The molecule has 0 aliphatic heterocycles. The SMILES string of the molecule is CC(F)c1cc2cc(Br)ccc2o1. The van der Waals surface area contributed by atoms with Gasteiger partial charge in [0.15, 0.2) is 6.17 Å². The lowest BCUT2D eigenvalue weighted by atomic mass is 10.2. The van der Waals surface area contributed by atoms with Crippen LogP contribution in [0.5, 0.6) is 0 Å². The van der Waals surface area contributed by atoms with Crippen molar-refractivity contribution in [3.63, 3.8) is 0 Å². The molecule has 1 atom stereocenters. The van der Waals surface area contributed by atoms with Crippen molar-refractivity contribution in [3.8, 4) is 0 Å². The summed E-state index contributed by atoms with van der Waals surface area (Å²) in [4.78, 5) is 0. The van der Waals surface area contributed by atoms with Gasteiger partial charge in [0.05, 0.1) is 0 Å². The molecule has 3 heteroatoms. The minimum absolute atomic E-state index is 0.383. The third-order valence-electron chi connectivity index (χ3n) is 1.89. The Labute approximate surface area is 83.7 Å². The van der Waals surface area contributed by atoms with E-state index in [4.69, 9.17) is 4.42 Å². The summed E-state index contributed by atoms with van der Waals surface area (Å²) in [6.07, 6.45) is -1.05. The van der Waals surface area contributed by atoms with Crippen LogP contribution in [0.4, 0.5) is 4.39 Å². The smallest absolute Gasteiger partial charge is 0.155 e. The van der Waals surface area contributed by atoms with Gasteiger partial charge >= 0.3 is 0 Å². The van der Waals surface area contributed by atoms with E-state index in [2.05, 4.69) is 15.9 Å². The number of rotatable bonds is 1. The van der Waals surface area contributed by atoms with Crippen molar-refractivity contribution in [3.05, 3.63) is 34.5 Å². The Morgan fingerprint density at radius 3 is 2.85 bits per heavy atom. The van der Waals surface area contributed by atoms with Gasteiger partial charge in [0.2, 0.25) is 0 Å². The zero-order valence-electron chi connectivity index (χ0n) is 7.05. The summed E-state index contributed by atoms with van der Waals surface area (Å²) in [5.74, 6) is 0.383. The predicted octanol–water partition coefficient (Wildman–Crippen LogP) is 4.23. The van der Waals surface area contributed by atoms with E-state index in [1.807, 2.05) is 18.2 Å². The molecule has 0 bridgehead atoms. The zero-order chi connectivity index (χ0) is 9.42. The molecule has 0 aliphatic rings. The van der Waals surface area contributed by atoms with Gasteiger partial charge in [0.25, 0.3) is 0 Å². The second kappa shape index (κ2) is 3.14. The van der Waals surface area contributed by atoms with E-state index >= 15 is 0 Å². The third kappa shape index (κ3) is 1.61. The summed E-state index contributed by atoms with van der Waals surface area (Å²) in [7, 11) is 0. The van der Waals surface area contributed by atoms with Gasteiger partial charge in [-0.25, -0.2) is 4.39 Å². The number of fused-ring (bicyclic) bond motifs is 1. The fraction of sp³-hybridized carbons (Fsp3) is 0.200. The number of hydrogen-bond donors (Lipinski definition) is 0. The molecule has 1 heterocycles. The van der Waals surface area contributed by atoms with E-state index in [1.54, 1.807) is 6.07 Å². The van der Waals surface area contributed by atoms with Gasteiger partial charge in [-0.05, 0) is 31.2 Å². The van der Waals surface area contributed by atoms with Crippen LogP contribution in [-0.2, 0) is 0 Å². The molecule has 0 saturated heterocycles. The summed E-state index contributed by atoms with van der Waals surface area (Å²) >= 11 is 3.34. The highest BCUT2D eigenvalue weighted by Crippen LogP contribution is 2.27. The second-order valence-corrected chi connectivity index (χ2v) is 3.86. The molecule has 2 aromatic rings. The number of halogens is 2. The highest BCUT2D eigenvalue weighted by atomic mass is 79.9. The fourth-order valence-corrected chi connectivity index (χ4v) is 1.61. The van der Waals surface area contributed by atoms with Gasteiger partial charge in [-0.3, -0.25) is 0 Å². The quantitative estimate of drug-likeness (QED) is 0.730.